The number of rotatable bonds is 6. The van der Waals surface area contributed by atoms with Crippen molar-refractivity contribution < 1.29 is 4.79 Å². The van der Waals surface area contributed by atoms with Crippen LogP contribution in [-0.4, -0.2) is 21.6 Å². The van der Waals surface area contributed by atoms with Crippen molar-refractivity contribution in [1.82, 2.24) is 9.97 Å². The number of hydrogen-bond donors (Lipinski definition) is 1. The molecular formula is C26H23N3OS. The Balaban J connectivity index is 1.55. The smallest absolute Gasteiger partial charge is 0.234 e. The number of carbonyl (C=O) groups excluding carboxylic acids is 1. The lowest BCUT2D eigenvalue weighted by atomic mass is 10.1. The number of benzene rings is 3. The summed E-state index contributed by atoms with van der Waals surface area (Å²) in [5, 5.41) is 3.54. The molecule has 0 aliphatic carbocycles. The molecule has 4 rings (SSSR count). The number of thioether (sulfide) groups is 1. The van der Waals surface area contributed by atoms with Crippen LogP contribution in [0, 0.1) is 13.8 Å². The summed E-state index contributed by atoms with van der Waals surface area (Å²) in [5.41, 5.74) is 6.87. The van der Waals surface area contributed by atoms with Crippen LogP contribution in [0.25, 0.3) is 22.5 Å². The minimum Gasteiger partial charge on any atom is -0.325 e. The van der Waals surface area contributed by atoms with Gasteiger partial charge in [-0.15, -0.1) is 0 Å². The summed E-state index contributed by atoms with van der Waals surface area (Å²) in [6, 6.07) is 27.9. The van der Waals surface area contributed by atoms with Gasteiger partial charge < -0.3 is 5.32 Å². The van der Waals surface area contributed by atoms with E-state index < -0.39 is 0 Å². The summed E-state index contributed by atoms with van der Waals surface area (Å²) in [6.07, 6.45) is 0. The maximum atomic E-state index is 12.5. The lowest BCUT2D eigenvalue weighted by molar-refractivity contribution is -0.113. The highest BCUT2D eigenvalue weighted by molar-refractivity contribution is 7.99. The van der Waals surface area contributed by atoms with E-state index in [1.54, 1.807) is 0 Å². The van der Waals surface area contributed by atoms with E-state index in [1.807, 2.05) is 91.9 Å². The number of carbonyl (C=O) groups is 1. The van der Waals surface area contributed by atoms with Gasteiger partial charge in [-0.1, -0.05) is 78.5 Å². The number of aromatic nitrogens is 2. The molecule has 1 heterocycles. The number of nitrogens with one attached hydrogen (secondary N) is 1. The van der Waals surface area contributed by atoms with E-state index in [-0.39, 0.29) is 11.7 Å². The highest BCUT2D eigenvalue weighted by Gasteiger charge is 2.11. The molecule has 0 aliphatic heterocycles. The van der Waals surface area contributed by atoms with Crippen molar-refractivity contribution in [3.8, 4) is 22.5 Å². The van der Waals surface area contributed by atoms with Crippen LogP contribution in [0.1, 0.15) is 11.1 Å². The molecule has 0 aliphatic rings. The van der Waals surface area contributed by atoms with E-state index in [4.69, 9.17) is 9.97 Å². The lowest BCUT2D eigenvalue weighted by Crippen LogP contribution is -2.14. The van der Waals surface area contributed by atoms with E-state index in [0.29, 0.717) is 5.16 Å². The van der Waals surface area contributed by atoms with Crippen molar-refractivity contribution in [2.45, 2.75) is 19.0 Å². The summed E-state index contributed by atoms with van der Waals surface area (Å²) in [7, 11) is 0. The quantitative estimate of drug-likeness (QED) is 0.297. The maximum Gasteiger partial charge on any atom is 0.234 e. The second-order valence-corrected chi connectivity index (χ2v) is 8.23. The first-order valence-corrected chi connectivity index (χ1v) is 11.1. The summed E-state index contributed by atoms with van der Waals surface area (Å²) in [6.45, 7) is 4.09. The molecule has 1 amide bonds. The molecule has 0 fully saturated rings. The molecule has 0 bridgehead atoms. The van der Waals surface area contributed by atoms with Crippen LogP contribution in [0.3, 0.4) is 0 Å². The standard InChI is InChI=1S/C26H23N3OS/c1-18-13-14-22(15-19(18)2)27-25(30)17-31-26-28-23(20-9-5-3-6-10-20)16-24(29-26)21-11-7-4-8-12-21/h3-16H,17H2,1-2H3,(H,27,30). The molecule has 0 saturated heterocycles. The van der Waals surface area contributed by atoms with E-state index in [1.165, 1.54) is 17.3 Å². The monoisotopic (exact) mass is 425 g/mol. The van der Waals surface area contributed by atoms with Crippen molar-refractivity contribution in [2.75, 3.05) is 11.1 Å². The normalized spacial score (nSPS) is 10.6. The van der Waals surface area contributed by atoms with Crippen molar-refractivity contribution >= 4 is 23.4 Å². The predicted molar refractivity (Wildman–Crippen MR) is 128 cm³/mol. The molecule has 31 heavy (non-hydrogen) atoms. The fourth-order valence-corrected chi connectivity index (χ4v) is 3.81. The van der Waals surface area contributed by atoms with Gasteiger partial charge in [0.2, 0.25) is 5.91 Å². The average Bonchev–Trinajstić information content (AvgIpc) is 2.81. The zero-order valence-corrected chi connectivity index (χ0v) is 18.3. The molecule has 3 aromatic carbocycles. The SMILES string of the molecule is Cc1ccc(NC(=O)CSc2nc(-c3ccccc3)cc(-c3ccccc3)n2)cc1C. The highest BCUT2D eigenvalue weighted by Crippen LogP contribution is 2.27. The molecular weight excluding hydrogens is 402 g/mol. The average molecular weight is 426 g/mol. The first-order valence-electron chi connectivity index (χ1n) is 10.1. The van der Waals surface area contributed by atoms with Crippen LogP contribution in [0.2, 0.25) is 0 Å². The van der Waals surface area contributed by atoms with E-state index in [0.717, 1.165) is 33.8 Å². The molecule has 5 heteroatoms. The zero-order chi connectivity index (χ0) is 21.6. The molecule has 0 unspecified atom stereocenters. The molecule has 0 radical (unpaired) electrons. The molecule has 154 valence electrons. The Kier molecular flexibility index (Phi) is 6.43. The van der Waals surface area contributed by atoms with Crippen LogP contribution >= 0.6 is 11.8 Å². The fraction of sp³-hybridized carbons (Fsp3) is 0.115. The second kappa shape index (κ2) is 9.58. The number of amides is 1. The van der Waals surface area contributed by atoms with Gasteiger partial charge in [0.25, 0.3) is 0 Å². The summed E-state index contributed by atoms with van der Waals surface area (Å²) < 4.78 is 0. The zero-order valence-electron chi connectivity index (χ0n) is 17.5. The van der Waals surface area contributed by atoms with E-state index >= 15 is 0 Å². The van der Waals surface area contributed by atoms with Gasteiger partial charge in [0.15, 0.2) is 5.16 Å². The van der Waals surface area contributed by atoms with Gasteiger partial charge >= 0.3 is 0 Å². The van der Waals surface area contributed by atoms with E-state index in [9.17, 15) is 4.79 Å². The van der Waals surface area contributed by atoms with Crippen LogP contribution in [0.15, 0.2) is 90.1 Å². The third-order valence-electron chi connectivity index (χ3n) is 4.97. The van der Waals surface area contributed by atoms with Gasteiger partial charge in [-0.2, -0.15) is 0 Å². The molecule has 4 aromatic rings. The van der Waals surface area contributed by atoms with Gasteiger partial charge in [-0.3, -0.25) is 4.79 Å². The van der Waals surface area contributed by atoms with Crippen LogP contribution < -0.4 is 5.32 Å². The Labute approximate surface area is 186 Å². The third kappa shape index (κ3) is 5.38. The molecule has 4 nitrogen and oxygen atoms in total. The Bertz CT molecular complexity index is 1140. The number of anilines is 1. The largest absolute Gasteiger partial charge is 0.325 e. The van der Waals surface area contributed by atoms with Crippen molar-refractivity contribution in [3.63, 3.8) is 0 Å². The molecule has 0 saturated carbocycles. The van der Waals surface area contributed by atoms with Gasteiger partial charge in [0, 0.05) is 16.8 Å². The summed E-state index contributed by atoms with van der Waals surface area (Å²) >= 11 is 1.34. The van der Waals surface area contributed by atoms with Gasteiger partial charge in [0.1, 0.15) is 0 Å². The van der Waals surface area contributed by atoms with Crippen LogP contribution in [-0.2, 0) is 4.79 Å². The summed E-state index contributed by atoms with van der Waals surface area (Å²) in [4.78, 5) is 21.9. The first-order chi connectivity index (χ1) is 15.1. The van der Waals surface area contributed by atoms with Gasteiger partial charge in [-0.05, 0) is 43.2 Å². The molecule has 0 atom stereocenters. The van der Waals surface area contributed by atoms with Crippen molar-refractivity contribution in [1.29, 1.82) is 0 Å². The van der Waals surface area contributed by atoms with Crippen molar-refractivity contribution in [3.05, 3.63) is 96.1 Å². The number of aryl methyl sites for hydroxylation is 2. The Morgan fingerprint density at radius 3 is 1.90 bits per heavy atom. The van der Waals surface area contributed by atoms with Crippen LogP contribution in [0.5, 0.6) is 0 Å². The third-order valence-corrected chi connectivity index (χ3v) is 5.82. The molecule has 1 N–H and O–H groups in total. The number of nitrogens with zero attached hydrogens (tertiary/aromatic N) is 2. The summed E-state index contributed by atoms with van der Waals surface area (Å²) in [5.74, 6) is 0.155. The van der Waals surface area contributed by atoms with Gasteiger partial charge in [0.05, 0.1) is 17.1 Å². The number of hydrogen-bond acceptors (Lipinski definition) is 4. The van der Waals surface area contributed by atoms with E-state index in [2.05, 4.69) is 12.2 Å². The van der Waals surface area contributed by atoms with Gasteiger partial charge in [-0.25, -0.2) is 9.97 Å². The highest BCUT2D eigenvalue weighted by atomic mass is 32.2. The molecule has 0 spiro atoms. The Morgan fingerprint density at radius 2 is 1.35 bits per heavy atom. The minimum absolute atomic E-state index is 0.0803. The van der Waals surface area contributed by atoms with Crippen LogP contribution in [0.4, 0.5) is 5.69 Å². The predicted octanol–water partition coefficient (Wildman–Crippen LogP) is 6.16. The molecule has 1 aromatic heterocycles. The topological polar surface area (TPSA) is 54.9 Å². The minimum atomic E-state index is -0.0803. The maximum absolute atomic E-state index is 12.5. The fourth-order valence-electron chi connectivity index (χ4n) is 3.15. The first kappa shape index (κ1) is 20.8. The second-order valence-electron chi connectivity index (χ2n) is 7.29. The Hall–Kier alpha value is -3.44. The lowest BCUT2D eigenvalue weighted by Gasteiger charge is -2.10. The Morgan fingerprint density at radius 1 is 0.774 bits per heavy atom. The van der Waals surface area contributed by atoms with Crippen molar-refractivity contribution in [2.24, 2.45) is 0 Å².